The van der Waals surface area contributed by atoms with E-state index in [0.717, 1.165) is 0 Å². The largest absolute Gasteiger partial charge is 0.481 e. The number of aliphatic carboxylic acids is 1. The highest BCUT2D eigenvalue weighted by molar-refractivity contribution is 6.32. The molecule has 142 valence electrons. The number of para-hydroxylation sites is 1. The molecule has 0 aliphatic carbocycles. The lowest BCUT2D eigenvalue weighted by atomic mass is 9.97. The van der Waals surface area contributed by atoms with Gasteiger partial charge in [-0.05, 0) is 62.3 Å². The molecule has 1 saturated heterocycles. The topological polar surface area (TPSA) is 78.9 Å². The van der Waals surface area contributed by atoms with Gasteiger partial charge >= 0.3 is 5.97 Å². The highest BCUT2D eigenvalue weighted by Crippen LogP contribution is 2.29. The number of piperidine rings is 1. The molecule has 2 N–H and O–H groups in total. The average molecular weight is 389 g/mol. The number of halogens is 1. The molecule has 1 amide bonds. The summed E-state index contributed by atoms with van der Waals surface area (Å²) >= 11 is 6.07. The van der Waals surface area contributed by atoms with Crippen LogP contribution in [0.2, 0.25) is 5.02 Å². The predicted octanol–water partition coefficient (Wildman–Crippen LogP) is 3.87. The first-order chi connectivity index (χ1) is 13.0. The van der Waals surface area contributed by atoms with Crippen LogP contribution in [0.25, 0.3) is 0 Å². The van der Waals surface area contributed by atoms with E-state index in [9.17, 15) is 9.59 Å². The van der Waals surface area contributed by atoms with E-state index in [1.165, 1.54) is 0 Å². The van der Waals surface area contributed by atoms with Crippen molar-refractivity contribution in [3.05, 3.63) is 53.6 Å². The minimum absolute atomic E-state index is 0.122. The quantitative estimate of drug-likeness (QED) is 0.785. The Morgan fingerprint density at radius 3 is 2.41 bits per heavy atom. The second kappa shape index (κ2) is 8.88. The Balaban J connectivity index is 1.49. The molecule has 0 radical (unpaired) electrons. The van der Waals surface area contributed by atoms with Crippen LogP contribution in [0, 0.1) is 5.92 Å². The van der Waals surface area contributed by atoms with Gasteiger partial charge < -0.3 is 15.2 Å². The van der Waals surface area contributed by atoms with Gasteiger partial charge in [-0.1, -0.05) is 23.7 Å². The van der Waals surface area contributed by atoms with E-state index in [1.807, 2.05) is 17.0 Å². The SMILES string of the molecule is O=C(CN1CCC(C(=O)O)CC1)Nc1ccc(Oc2ccccc2Cl)cc1. The minimum Gasteiger partial charge on any atom is -0.481 e. The number of rotatable bonds is 6. The van der Waals surface area contributed by atoms with Gasteiger partial charge in [0, 0.05) is 5.69 Å². The van der Waals surface area contributed by atoms with Gasteiger partial charge in [-0.15, -0.1) is 0 Å². The van der Waals surface area contributed by atoms with Gasteiger partial charge in [0.05, 0.1) is 17.5 Å². The van der Waals surface area contributed by atoms with Crippen LogP contribution in [0.5, 0.6) is 11.5 Å². The molecular formula is C20H21ClN2O4. The highest BCUT2D eigenvalue weighted by Gasteiger charge is 2.25. The van der Waals surface area contributed by atoms with E-state index >= 15 is 0 Å². The molecule has 0 spiro atoms. The van der Waals surface area contributed by atoms with Crippen LogP contribution in [-0.2, 0) is 9.59 Å². The third kappa shape index (κ3) is 5.45. The molecule has 1 aliphatic rings. The summed E-state index contributed by atoms with van der Waals surface area (Å²) in [7, 11) is 0. The van der Waals surface area contributed by atoms with E-state index < -0.39 is 5.97 Å². The van der Waals surface area contributed by atoms with E-state index in [1.54, 1.807) is 36.4 Å². The Morgan fingerprint density at radius 2 is 1.78 bits per heavy atom. The zero-order chi connectivity index (χ0) is 19.2. The standard InChI is InChI=1S/C20H21ClN2O4/c21-17-3-1-2-4-18(17)27-16-7-5-15(6-8-16)22-19(24)13-23-11-9-14(10-12-23)20(25)26/h1-8,14H,9-13H2,(H,22,24)(H,25,26). The summed E-state index contributed by atoms with van der Waals surface area (Å²) < 4.78 is 5.72. The van der Waals surface area contributed by atoms with E-state index in [4.69, 9.17) is 21.4 Å². The molecule has 27 heavy (non-hydrogen) atoms. The van der Waals surface area contributed by atoms with Crippen molar-refractivity contribution < 1.29 is 19.4 Å². The molecule has 1 aliphatic heterocycles. The monoisotopic (exact) mass is 388 g/mol. The van der Waals surface area contributed by atoms with Gasteiger partial charge in [-0.2, -0.15) is 0 Å². The molecule has 0 saturated carbocycles. The number of benzene rings is 2. The van der Waals surface area contributed by atoms with Crippen LogP contribution >= 0.6 is 11.6 Å². The fourth-order valence-corrected chi connectivity index (χ4v) is 3.18. The number of hydrogen-bond acceptors (Lipinski definition) is 4. The Morgan fingerprint density at radius 1 is 1.11 bits per heavy atom. The summed E-state index contributed by atoms with van der Waals surface area (Å²) in [6.07, 6.45) is 1.16. The first-order valence-electron chi connectivity index (χ1n) is 8.79. The van der Waals surface area contributed by atoms with Gasteiger partial charge in [-0.25, -0.2) is 0 Å². The lowest BCUT2D eigenvalue weighted by Crippen LogP contribution is -2.40. The van der Waals surface area contributed by atoms with E-state index in [2.05, 4.69) is 5.32 Å². The molecular weight excluding hydrogens is 368 g/mol. The third-order valence-corrected chi connectivity index (χ3v) is 4.82. The summed E-state index contributed by atoms with van der Waals surface area (Å²) in [5.41, 5.74) is 0.673. The summed E-state index contributed by atoms with van der Waals surface area (Å²) in [6.45, 7) is 1.49. The van der Waals surface area contributed by atoms with Crippen LogP contribution < -0.4 is 10.1 Å². The Bertz CT molecular complexity index is 802. The third-order valence-electron chi connectivity index (χ3n) is 4.51. The van der Waals surface area contributed by atoms with Crippen LogP contribution in [0.15, 0.2) is 48.5 Å². The maximum Gasteiger partial charge on any atom is 0.306 e. The summed E-state index contributed by atoms with van der Waals surface area (Å²) in [6, 6.07) is 14.3. The number of amides is 1. The highest BCUT2D eigenvalue weighted by atomic mass is 35.5. The maximum absolute atomic E-state index is 12.2. The average Bonchev–Trinajstić information content (AvgIpc) is 2.65. The van der Waals surface area contributed by atoms with Crippen LogP contribution in [-0.4, -0.2) is 41.5 Å². The smallest absolute Gasteiger partial charge is 0.306 e. The number of nitrogens with zero attached hydrogens (tertiary/aromatic N) is 1. The number of nitrogens with one attached hydrogen (secondary N) is 1. The van der Waals surface area contributed by atoms with E-state index in [-0.39, 0.29) is 18.4 Å². The summed E-state index contributed by atoms with van der Waals surface area (Å²) in [5, 5.41) is 12.4. The normalized spacial score (nSPS) is 15.3. The molecule has 6 nitrogen and oxygen atoms in total. The lowest BCUT2D eigenvalue weighted by molar-refractivity contribution is -0.143. The molecule has 2 aromatic rings. The molecule has 0 aromatic heterocycles. The van der Waals surface area contributed by atoms with Crippen molar-refractivity contribution in [1.82, 2.24) is 4.90 Å². The second-order valence-electron chi connectivity index (χ2n) is 6.49. The zero-order valence-corrected chi connectivity index (χ0v) is 15.5. The van der Waals surface area contributed by atoms with E-state index in [0.29, 0.717) is 48.1 Å². The van der Waals surface area contributed by atoms with Gasteiger partial charge in [0.25, 0.3) is 0 Å². The Hall–Kier alpha value is -2.57. The lowest BCUT2D eigenvalue weighted by Gasteiger charge is -2.29. The molecule has 2 aromatic carbocycles. The Labute approximate surface area is 162 Å². The molecule has 0 unspecified atom stereocenters. The van der Waals surface area contributed by atoms with Crippen LogP contribution in [0.4, 0.5) is 5.69 Å². The second-order valence-corrected chi connectivity index (χ2v) is 6.90. The van der Waals surface area contributed by atoms with Crippen molar-refractivity contribution in [2.24, 2.45) is 5.92 Å². The fourth-order valence-electron chi connectivity index (χ4n) is 3.00. The number of hydrogen-bond donors (Lipinski definition) is 2. The maximum atomic E-state index is 12.2. The predicted molar refractivity (Wildman–Crippen MR) is 103 cm³/mol. The van der Waals surface area contributed by atoms with Gasteiger partial charge in [0.1, 0.15) is 11.5 Å². The van der Waals surface area contributed by atoms with Gasteiger partial charge in [0.15, 0.2) is 0 Å². The number of carboxylic acid groups (broad SMARTS) is 1. The number of carbonyl (C=O) groups is 2. The molecule has 1 heterocycles. The first kappa shape index (κ1) is 19.2. The van der Waals surface area contributed by atoms with Crippen molar-refractivity contribution >= 4 is 29.2 Å². The summed E-state index contributed by atoms with van der Waals surface area (Å²) in [4.78, 5) is 25.1. The van der Waals surface area contributed by atoms with Gasteiger partial charge in [-0.3, -0.25) is 14.5 Å². The van der Waals surface area contributed by atoms with Crippen molar-refractivity contribution in [2.45, 2.75) is 12.8 Å². The number of likely N-dealkylation sites (tertiary alicyclic amines) is 1. The number of carboxylic acids is 1. The first-order valence-corrected chi connectivity index (χ1v) is 9.16. The van der Waals surface area contributed by atoms with Crippen molar-refractivity contribution in [3.63, 3.8) is 0 Å². The van der Waals surface area contributed by atoms with Gasteiger partial charge in [0.2, 0.25) is 5.91 Å². The molecule has 0 atom stereocenters. The minimum atomic E-state index is -0.752. The summed E-state index contributed by atoms with van der Waals surface area (Å²) in [5.74, 6) is 0.0225. The molecule has 7 heteroatoms. The number of carbonyl (C=O) groups excluding carboxylic acids is 1. The Kier molecular flexibility index (Phi) is 6.32. The number of anilines is 1. The zero-order valence-electron chi connectivity index (χ0n) is 14.7. The van der Waals surface area contributed by atoms with Crippen LogP contribution in [0.3, 0.4) is 0 Å². The van der Waals surface area contributed by atoms with Crippen molar-refractivity contribution in [2.75, 3.05) is 25.0 Å². The van der Waals surface area contributed by atoms with Crippen molar-refractivity contribution in [3.8, 4) is 11.5 Å². The van der Waals surface area contributed by atoms with Crippen molar-refractivity contribution in [1.29, 1.82) is 0 Å². The fraction of sp³-hybridized carbons (Fsp3) is 0.300. The molecule has 3 rings (SSSR count). The molecule has 0 bridgehead atoms. The number of ether oxygens (including phenoxy) is 1. The van der Waals surface area contributed by atoms with Crippen LogP contribution in [0.1, 0.15) is 12.8 Å². The molecule has 1 fully saturated rings.